The van der Waals surface area contributed by atoms with Crippen LogP contribution in [0.5, 0.6) is 11.5 Å². The molecule has 0 unspecified atom stereocenters. The number of benzene rings is 2. The van der Waals surface area contributed by atoms with Gasteiger partial charge in [-0.2, -0.15) is 5.10 Å². The Hall–Kier alpha value is -3.35. The molecule has 7 heteroatoms. The first-order valence-electron chi connectivity index (χ1n) is 9.01. The molecule has 0 saturated heterocycles. The first-order chi connectivity index (χ1) is 13.5. The summed E-state index contributed by atoms with van der Waals surface area (Å²) in [5, 5.41) is 6.69. The highest BCUT2D eigenvalue weighted by Crippen LogP contribution is 2.29. The third kappa shape index (κ3) is 6.42. The second-order valence-corrected chi connectivity index (χ2v) is 6.02. The molecule has 0 aliphatic heterocycles. The number of rotatable bonds is 9. The number of ether oxygens (including phenoxy) is 2. The second kappa shape index (κ2) is 10.7. The number of para-hydroxylation sites is 1. The standard InChI is InChI=1S/C21H25N3O4/c1-4-28-21-16(6-5-7-18(21)27-3)14-22-24-20(26)13-12-19(25)23-17-10-8-15(2)9-11-17/h5-11,14H,4,12-13H2,1-3H3,(H,23,25)(H,24,26). The van der Waals surface area contributed by atoms with Crippen molar-refractivity contribution in [3.8, 4) is 11.5 Å². The number of nitrogens with one attached hydrogen (secondary N) is 2. The fraction of sp³-hybridized carbons (Fsp3) is 0.286. The molecule has 148 valence electrons. The van der Waals surface area contributed by atoms with E-state index in [4.69, 9.17) is 9.47 Å². The van der Waals surface area contributed by atoms with Crippen LogP contribution >= 0.6 is 0 Å². The second-order valence-electron chi connectivity index (χ2n) is 6.02. The van der Waals surface area contributed by atoms with Crippen LogP contribution < -0.4 is 20.2 Å². The van der Waals surface area contributed by atoms with Gasteiger partial charge in [-0.1, -0.05) is 23.8 Å². The summed E-state index contributed by atoms with van der Waals surface area (Å²) in [5.41, 5.74) is 4.91. The van der Waals surface area contributed by atoms with E-state index < -0.39 is 0 Å². The van der Waals surface area contributed by atoms with Crippen LogP contribution in [0.4, 0.5) is 5.69 Å². The lowest BCUT2D eigenvalue weighted by molar-refractivity contribution is -0.124. The molecule has 28 heavy (non-hydrogen) atoms. The van der Waals surface area contributed by atoms with Crippen molar-refractivity contribution in [2.45, 2.75) is 26.7 Å². The van der Waals surface area contributed by atoms with Crippen molar-refractivity contribution in [1.82, 2.24) is 5.43 Å². The van der Waals surface area contributed by atoms with Gasteiger partial charge in [0.25, 0.3) is 0 Å². The Kier molecular flexibility index (Phi) is 8.02. The third-order valence-corrected chi connectivity index (χ3v) is 3.83. The van der Waals surface area contributed by atoms with Crippen LogP contribution in [0.25, 0.3) is 0 Å². The first kappa shape index (κ1) is 21.0. The Bertz CT molecular complexity index is 832. The van der Waals surface area contributed by atoms with Crippen LogP contribution in [0, 0.1) is 6.92 Å². The Morgan fingerprint density at radius 3 is 2.46 bits per heavy atom. The number of methoxy groups -OCH3 is 1. The number of hydrogen-bond acceptors (Lipinski definition) is 5. The van der Waals surface area contributed by atoms with Crippen molar-refractivity contribution in [2.24, 2.45) is 5.10 Å². The number of aryl methyl sites for hydroxylation is 1. The zero-order valence-electron chi connectivity index (χ0n) is 16.3. The maximum absolute atomic E-state index is 11.9. The molecule has 0 bridgehead atoms. The molecule has 0 aliphatic carbocycles. The van der Waals surface area contributed by atoms with Crippen LogP contribution in [-0.4, -0.2) is 31.7 Å². The lowest BCUT2D eigenvalue weighted by atomic mass is 10.2. The molecule has 0 radical (unpaired) electrons. The van der Waals surface area contributed by atoms with Gasteiger partial charge in [0.1, 0.15) is 0 Å². The van der Waals surface area contributed by atoms with Gasteiger partial charge < -0.3 is 14.8 Å². The van der Waals surface area contributed by atoms with Crippen LogP contribution in [0.15, 0.2) is 47.6 Å². The minimum atomic E-state index is -0.351. The van der Waals surface area contributed by atoms with Crippen molar-refractivity contribution < 1.29 is 19.1 Å². The van der Waals surface area contributed by atoms with Gasteiger partial charge in [-0.3, -0.25) is 9.59 Å². The minimum Gasteiger partial charge on any atom is -0.493 e. The Morgan fingerprint density at radius 1 is 1.07 bits per heavy atom. The lowest BCUT2D eigenvalue weighted by Gasteiger charge is -2.11. The summed E-state index contributed by atoms with van der Waals surface area (Å²) in [6, 6.07) is 12.9. The Balaban J connectivity index is 1.83. The number of hydrogen-bond donors (Lipinski definition) is 2. The van der Waals surface area contributed by atoms with Gasteiger partial charge >= 0.3 is 0 Å². The summed E-state index contributed by atoms with van der Waals surface area (Å²) in [4.78, 5) is 23.8. The van der Waals surface area contributed by atoms with Crippen LogP contribution in [-0.2, 0) is 9.59 Å². The Labute approximate surface area is 164 Å². The highest BCUT2D eigenvalue weighted by molar-refractivity contribution is 5.93. The molecule has 0 heterocycles. The summed E-state index contributed by atoms with van der Waals surface area (Å²) < 4.78 is 10.8. The molecule has 0 aliphatic rings. The van der Waals surface area contributed by atoms with Gasteiger partial charge in [0, 0.05) is 24.1 Å². The molecule has 0 fully saturated rings. The highest BCUT2D eigenvalue weighted by Gasteiger charge is 2.09. The van der Waals surface area contributed by atoms with E-state index in [2.05, 4.69) is 15.8 Å². The maximum Gasteiger partial charge on any atom is 0.240 e. The van der Waals surface area contributed by atoms with Crippen LogP contribution in [0.3, 0.4) is 0 Å². The van der Waals surface area contributed by atoms with E-state index in [1.807, 2.05) is 38.1 Å². The van der Waals surface area contributed by atoms with Gasteiger partial charge in [0.2, 0.25) is 11.8 Å². The molecule has 0 saturated carbocycles. The largest absolute Gasteiger partial charge is 0.493 e. The molecule has 7 nitrogen and oxygen atoms in total. The molecule has 0 spiro atoms. The van der Waals surface area contributed by atoms with E-state index in [0.717, 1.165) is 5.56 Å². The van der Waals surface area contributed by atoms with Gasteiger partial charge in [-0.05, 0) is 38.1 Å². The van der Waals surface area contributed by atoms with Gasteiger partial charge in [0.05, 0.1) is 19.9 Å². The van der Waals surface area contributed by atoms with Gasteiger partial charge in [-0.25, -0.2) is 5.43 Å². The summed E-state index contributed by atoms with van der Waals surface area (Å²) in [6.07, 6.45) is 1.59. The fourth-order valence-corrected chi connectivity index (χ4v) is 2.41. The predicted molar refractivity (Wildman–Crippen MR) is 109 cm³/mol. The average Bonchev–Trinajstić information content (AvgIpc) is 2.69. The summed E-state index contributed by atoms with van der Waals surface area (Å²) in [7, 11) is 1.56. The van der Waals surface area contributed by atoms with Crippen molar-refractivity contribution in [3.63, 3.8) is 0 Å². The van der Waals surface area contributed by atoms with Gasteiger partial charge in [-0.15, -0.1) is 0 Å². The van der Waals surface area contributed by atoms with E-state index in [-0.39, 0.29) is 24.7 Å². The van der Waals surface area contributed by atoms with Crippen molar-refractivity contribution in [1.29, 1.82) is 0 Å². The minimum absolute atomic E-state index is 0.0332. The highest BCUT2D eigenvalue weighted by atomic mass is 16.5. The number of amides is 2. The molecular weight excluding hydrogens is 358 g/mol. The zero-order chi connectivity index (χ0) is 20.4. The van der Waals surface area contributed by atoms with Crippen molar-refractivity contribution >= 4 is 23.7 Å². The molecule has 2 aromatic carbocycles. The topological polar surface area (TPSA) is 89.0 Å². The lowest BCUT2D eigenvalue weighted by Crippen LogP contribution is -2.20. The molecule has 2 rings (SSSR count). The fourth-order valence-electron chi connectivity index (χ4n) is 2.41. The van der Waals surface area contributed by atoms with E-state index in [1.54, 1.807) is 25.3 Å². The molecule has 0 aromatic heterocycles. The number of carbonyl (C=O) groups is 2. The number of nitrogens with zero attached hydrogens (tertiary/aromatic N) is 1. The van der Waals surface area contributed by atoms with E-state index in [9.17, 15) is 9.59 Å². The Morgan fingerprint density at radius 2 is 1.79 bits per heavy atom. The third-order valence-electron chi connectivity index (χ3n) is 3.83. The monoisotopic (exact) mass is 383 g/mol. The molecular formula is C21H25N3O4. The number of carbonyl (C=O) groups excluding carboxylic acids is 2. The van der Waals surface area contributed by atoms with Crippen molar-refractivity contribution in [2.75, 3.05) is 19.0 Å². The molecule has 2 N–H and O–H groups in total. The van der Waals surface area contributed by atoms with Crippen LogP contribution in [0.2, 0.25) is 0 Å². The quantitative estimate of drug-likeness (QED) is 0.514. The van der Waals surface area contributed by atoms with E-state index in [0.29, 0.717) is 29.4 Å². The predicted octanol–water partition coefficient (Wildman–Crippen LogP) is 3.27. The van der Waals surface area contributed by atoms with Crippen molar-refractivity contribution in [3.05, 3.63) is 53.6 Å². The van der Waals surface area contributed by atoms with Crippen LogP contribution in [0.1, 0.15) is 30.9 Å². The molecule has 0 atom stereocenters. The zero-order valence-corrected chi connectivity index (χ0v) is 16.3. The summed E-state index contributed by atoms with van der Waals surface area (Å²) in [5.74, 6) is 0.568. The summed E-state index contributed by atoms with van der Waals surface area (Å²) in [6.45, 7) is 4.32. The summed E-state index contributed by atoms with van der Waals surface area (Å²) >= 11 is 0. The number of hydrazone groups is 1. The normalized spacial score (nSPS) is 10.5. The SMILES string of the molecule is CCOc1c(C=NNC(=O)CCC(=O)Nc2ccc(C)cc2)cccc1OC. The van der Waals surface area contributed by atoms with Gasteiger partial charge in [0.15, 0.2) is 11.5 Å². The average molecular weight is 383 g/mol. The smallest absolute Gasteiger partial charge is 0.240 e. The number of anilines is 1. The van der Waals surface area contributed by atoms with E-state index >= 15 is 0 Å². The molecule has 2 aromatic rings. The first-order valence-corrected chi connectivity index (χ1v) is 9.01. The maximum atomic E-state index is 11.9. The van der Waals surface area contributed by atoms with E-state index in [1.165, 1.54) is 6.21 Å². The molecule has 2 amide bonds.